The van der Waals surface area contributed by atoms with E-state index in [1.807, 2.05) is 13.8 Å². The Bertz CT molecular complexity index is 629. The summed E-state index contributed by atoms with van der Waals surface area (Å²) in [6, 6.07) is 0. The molecule has 13 heteroatoms. The van der Waals surface area contributed by atoms with Gasteiger partial charge in [0.05, 0.1) is 72.2 Å². The Hall–Kier alpha value is -1.26. The maximum atomic E-state index is 12.0. The molecule has 244 valence electrons. The van der Waals surface area contributed by atoms with Crippen molar-refractivity contribution in [3.8, 4) is 0 Å². The maximum Gasteiger partial charge on any atom is 0.222 e. The van der Waals surface area contributed by atoms with Gasteiger partial charge in [-0.15, -0.1) is 0 Å². The molecule has 5 atom stereocenters. The van der Waals surface area contributed by atoms with E-state index in [4.69, 9.17) is 38.3 Å². The van der Waals surface area contributed by atoms with Crippen molar-refractivity contribution in [3.63, 3.8) is 0 Å². The van der Waals surface area contributed by atoms with Gasteiger partial charge in [-0.05, 0) is 6.42 Å². The Morgan fingerprint density at radius 3 is 2.10 bits per heavy atom. The molecule has 0 aromatic carbocycles. The first-order chi connectivity index (χ1) is 19.7. The van der Waals surface area contributed by atoms with E-state index in [-0.39, 0.29) is 56.5 Å². The lowest BCUT2D eigenvalue weighted by Gasteiger charge is -2.29. The lowest BCUT2D eigenvalue weighted by Crippen LogP contribution is -2.36. The SMILES string of the molecule is CCCOCC(C)(COCCC=O)COCCC(=O)NCCOCCOCCOC(OC)C(O)CC(O)C(C)CO. The molecule has 0 aromatic heterocycles. The number of aliphatic hydroxyl groups excluding tert-OH is 3. The van der Waals surface area contributed by atoms with Crippen LogP contribution >= 0.6 is 0 Å². The Morgan fingerprint density at radius 2 is 1.49 bits per heavy atom. The molecule has 0 rings (SSSR count). The summed E-state index contributed by atoms with van der Waals surface area (Å²) < 4.78 is 38.4. The van der Waals surface area contributed by atoms with Gasteiger partial charge in [-0.1, -0.05) is 20.8 Å². The Balaban J connectivity index is 3.87. The molecule has 0 saturated heterocycles. The molecule has 0 aliphatic carbocycles. The van der Waals surface area contributed by atoms with Gasteiger partial charge >= 0.3 is 0 Å². The molecule has 0 saturated carbocycles. The second-order valence-corrected chi connectivity index (χ2v) is 10.3. The fourth-order valence-corrected chi connectivity index (χ4v) is 3.47. The van der Waals surface area contributed by atoms with Crippen LogP contribution in [0.15, 0.2) is 0 Å². The van der Waals surface area contributed by atoms with Gasteiger partial charge in [0, 0.05) is 57.5 Å². The van der Waals surface area contributed by atoms with Crippen LogP contribution in [0.3, 0.4) is 0 Å². The van der Waals surface area contributed by atoms with E-state index in [9.17, 15) is 19.8 Å². The minimum Gasteiger partial charge on any atom is -0.396 e. The van der Waals surface area contributed by atoms with Crippen LogP contribution in [0.4, 0.5) is 0 Å². The first-order valence-electron chi connectivity index (χ1n) is 14.4. The summed E-state index contributed by atoms with van der Waals surface area (Å²) in [5.74, 6) is -0.496. The van der Waals surface area contributed by atoms with Crippen molar-refractivity contribution in [2.45, 2.75) is 65.0 Å². The number of ether oxygens (including phenoxy) is 7. The van der Waals surface area contributed by atoms with Crippen molar-refractivity contribution in [2.24, 2.45) is 11.3 Å². The van der Waals surface area contributed by atoms with Gasteiger partial charge in [0.15, 0.2) is 6.29 Å². The third kappa shape index (κ3) is 22.0. The summed E-state index contributed by atoms with van der Waals surface area (Å²) in [6.07, 6.45) is -0.506. The summed E-state index contributed by atoms with van der Waals surface area (Å²) >= 11 is 0. The first-order valence-corrected chi connectivity index (χ1v) is 14.4. The molecular formula is C28H55NO12. The predicted molar refractivity (Wildman–Crippen MR) is 150 cm³/mol. The Kier molecular flexibility index (Phi) is 25.6. The minimum absolute atomic E-state index is 0.0200. The van der Waals surface area contributed by atoms with Gasteiger partial charge < -0.3 is 58.6 Å². The third-order valence-electron chi connectivity index (χ3n) is 5.98. The summed E-state index contributed by atoms with van der Waals surface area (Å²) in [7, 11) is 1.40. The number of carbonyl (C=O) groups excluding carboxylic acids is 2. The summed E-state index contributed by atoms with van der Waals surface area (Å²) in [4.78, 5) is 22.5. The number of aldehydes is 1. The van der Waals surface area contributed by atoms with Gasteiger partial charge in [-0.3, -0.25) is 4.79 Å². The molecule has 41 heavy (non-hydrogen) atoms. The average Bonchev–Trinajstić information content (AvgIpc) is 2.96. The quantitative estimate of drug-likeness (QED) is 0.0508. The summed E-state index contributed by atoms with van der Waals surface area (Å²) in [5.41, 5.74) is -0.369. The van der Waals surface area contributed by atoms with Crippen LogP contribution in [-0.2, 0) is 42.7 Å². The molecule has 0 aliphatic heterocycles. The first kappa shape index (κ1) is 39.7. The van der Waals surface area contributed by atoms with E-state index < -0.39 is 18.5 Å². The number of hydrogen-bond donors (Lipinski definition) is 4. The lowest BCUT2D eigenvalue weighted by molar-refractivity contribution is -0.193. The largest absolute Gasteiger partial charge is 0.396 e. The zero-order valence-corrected chi connectivity index (χ0v) is 25.4. The van der Waals surface area contributed by atoms with Crippen molar-refractivity contribution in [1.29, 1.82) is 0 Å². The molecule has 0 radical (unpaired) electrons. The molecule has 13 nitrogen and oxygen atoms in total. The van der Waals surface area contributed by atoms with Crippen molar-refractivity contribution < 1.29 is 58.1 Å². The minimum atomic E-state index is -1.04. The van der Waals surface area contributed by atoms with Crippen molar-refractivity contribution in [1.82, 2.24) is 5.32 Å². The highest BCUT2D eigenvalue weighted by Crippen LogP contribution is 2.19. The average molecular weight is 598 g/mol. The number of rotatable bonds is 30. The normalized spacial score (nSPS) is 16.1. The highest BCUT2D eigenvalue weighted by molar-refractivity contribution is 5.75. The van der Waals surface area contributed by atoms with Crippen LogP contribution in [0.1, 0.15) is 46.5 Å². The van der Waals surface area contributed by atoms with E-state index in [0.29, 0.717) is 65.8 Å². The molecule has 0 aliphatic rings. The Labute approximate surface area is 245 Å². The number of methoxy groups -OCH3 is 1. The summed E-state index contributed by atoms with van der Waals surface area (Å²) in [5, 5.41) is 31.9. The van der Waals surface area contributed by atoms with Crippen LogP contribution < -0.4 is 5.32 Å². The smallest absolute Gasteiger partial charge is 0.222 e. The van der Waals surface area contributed by atoms with Crippen molar-refractivity contribution in [2.75, 3.05) is 92.9 Å². The zero-order valence-electron chi connectivity index (χ0n) is 25.4. The van der Waals surface area contributed by atoms with Crippen LogP contribution in [-0.4, -0.2) is 139 Å². The topological polar surface area (TPSA) is 171 Å². The molecule has 0 aromatic rings. The monoisotopic (exact) mass is 597 g/mol. The van der Waals surface area contributed by atoms with Crippen LogP contribution in [0.25, 0.3) is 0 Å². The van der Waals surface area contributed by atoms with E-state index in [2.05, 4.69) is 5.32 Å². The zero-order chi connectivity index (χ0) is 30.8. The number of aliphatic hydroxyl groups is 3. The van der Waals surface area contributed by atoms with Crippen molar-refractivity contribution >= 4 is 12.2 Å². The van der Waals surface area contributed by atoms with E-state index in [1.165, 1.54) is 7.11 Å². The van der Waals surface area contributed by atoms with Gasteiger partial charge in [-0.2, -0.15) is 0 Å². The molecule has 0 bridgehead atoms. The van der Waals surface area contributed by atoms with Crippen LogP contribution in [0.2, 0.25) is 0 Å². The highest BCUT2D eigenvalue weighted by Gasteiger charge is 2.26. The van der Waals surface area contributed by atoms with Gasteiger partial charge in [-0.25, -0.2) is 0 Å². The second kappa shape index (κ2) is 26.4. The van der Waals surface area contributed by atoms with Crippen LogP contribution in [0, 0.1) is 11.3 Å². The van der Waals surface area contributed by atoms with Gasteiger partial charge in [0.25, 0.3) is 0 Å². The standard InChI is InChI=1S/C28H55NO12/c1-5-10-38-20-28(3,21-39-11-6-9-30)22-40-12-7-26(34)29-8-13-36-14-15-37-16-17-41-27(35-4)25(33)18-24(32)23(2)19-31/h9,23-25,27,31-33H,5-8,10-22H2,1-4H3,(H,29,34). The fraction of sp³-hybridized carbons (Fsp3) is 0.929. The molecule has 4 N–H and O–H groups in total. The molecule has 0 heterocycles. The number of amides is 1. The number of hydrogen-bond acceptors (Lipinski definition) is 12. The van der Waals surface area contributed by atoms with E-state index >= 15 is 0 Å². The maximum absolute atomic E-state index is 12.0. The van der Waals surface area contributed by atoms with Crippen LogP contribution in [0.5, 0.6) is 0 Å². The summed E-state index contributed by atoms with van der Waals surface area (Å²) in [6.45, 7) is 9.86. The molecular weight excluding hydrogens is 542 g/mol. The van der Waals surface area contributed by atoms with Gasteiger partial charge in [0.2, 0.25) is 5.91 Å². The van der Waals surface area contributed by atoms with E-state index in [0.717, 1.165) is 12.7 Å². The Morgan fingerprint density at radius 1 is 0.878 bits per heavy atom. The molecule has 0 fully saturated rings. The second-order valence-electron chi connectivity index (χ2n) is 10.3. The fourth-order valence-electron chi connectivity index (χ4n) is 3.47. The number of nitrogens with one attached hydrogen (secondary N) is 1. The highest BCUT2D eigenvalue weighted by atomic mass is 16.7. The van der Waals surface area contributed by atoms with Crippen molar-refractivity contribution in [3.05, 3.63) is 0 Å². The lowest BCUT2D eigenvalue weighted by atomic mass is 9.94. The molecule has 1 amide bonds. The molecule has 5 unspecified atom stereocenters. The van der Waals surface area contributed by atoms with E-state index in [1.54, 1.807) is 6.92 Å². The number of carbonyl (C=O) groups is 2. The predicted octanol–water partition coefficient (Wildman–Crippen LogP) is 0.310. The molecule has 0 spiro atoms. The third-order valence-corrected chi connectivity index (χ3v) is 5.98. The van der Waals surface area contributed by atoms with Gasteiger partial charge in [0.1, 0.15) is 12.4 Å².